The van der Waals surface area contributed by atoms with Crippen molar-refractivity contribution in [1.82, 2.24) is 5.32 Å². The fourth-order valence-corrected chi connectivity index (χ4v) is 4.21. The fraction of sp³-hybridized carbons (Fsp3) is 0.429. The van der Waals surface area contributed by atoms with Crippen molar-refractivity contribution in [2.24, 2.45) is 0 Å². The number of hydrogen-bond donors (Lipinski definition) is 2. The molecule has 1 atom stereocenters. The lowest BCUT2D eigenvalue weighted by Gasteiger charge is -2.26. The first-order valence-electron chi connectivity index (χ1n) is 9.51. The average molecular weight is 389 g/mol. The molecular weight excluding hydrogens is 360 g/mol. The van der Waals surface area contributed by atoms with E-state index in [9.17, 15) is 8.42 Å². The molecule has 0 saturated heterocycles. The molecular formula is C21H28N2O3S. The molecule has 0 aromatic heterocycles. The zero-order chi connectivity index (χ0) is 19.4. The van der Waals surface area contributed by atoms with Crippen LogP contribution in [0.4, 0.5) is 5.69 Å². The van der Waals surface area contributed by atoms with Crippen molar-refractivity contribution in [3.05, 3.63) is 53.6 Å². The van der Waals surface area contributed by atoms with Gasteiger partial charge >= 0.3 is 0 Å². The molecule has 0 spiro atoms. The summed E-state index contributed by atoms with van der Waals surface area (Å²) in [5.41, 5.74) is 2.73. The minimum absolute atomic E-state index is 0.259. The molecule has 2 aromatic rings. The maximum Gasteiger partial charge on any atom is 0.261 e. The van der Waals surface area contributed by atoms with Crippen LogP contribution in [-0.4, -0.2) is 27.6 Å². The van der Waals surface area contributed by atoms with Gasteiger partial charge in [0.1, 0.15) is 12.4 Å². The average Bonchev–Trinajstić information content (AvgIpc) is 2.66. The smallest absolute Gasteiger partial charge is 0.261 e. The highest BCUT2D eigenvalue weighted by atomic mass is 32.2. The molecule has 3 rings (SSSR count). The number of sulfonamides is 1. The summed E-state index contributed by atoms with van der Waals surface area (Å²) in [6.45, 7) is 7.87. The van der Waals surface area contributed by atoms with Crippen LogP contribution in [0.15, 0.2) is 47.4 Å². The first-order chi connectivity index (χ1) is 12.9. The van der Waals surface area contributed by atoms with Crippen LogP contribution >= 0.6 is 0 Å². The molecule has 0 saturated carbocycles. The van der Waals surface area contributed by atoms with Gasteiger partial charge in [-0.1, -0.05) is 39.0 Å². The van der Waals surface area contributed by atoms with Crippen molar-refractivity contribution in [1.29, 1.82) is 0 Å². The van der Waals surface area contributed by atoms with Crippen LogP contribution in [0, 0.1) is 0 Å². The molecule has 1 unspecified atom stereocenters. The summed E-state index contributed by atoms with van der Waals surface area (Å²) in [4.78, 5) is 0.259. The van der Waals surface area contributed by atoms with Crippen molar-refractivity contribution in [2.45, 2.75) is 50.5 Å². The van der Waals surface area contributed by atoms with E-state index in [1.165, 1.54) is 0 Å². The molecule has 2 aromatic carbocycles. The van der Waals surface area contributed by atoms with Gasteiger partial charge in [-0.3, -0.25) is 4.72 Å². The van der Waals surface area contributed by atoms with Gasteiger partial charge in [-0.2, -0.15) is 0 Å². The van der Waals surface area contributed by atoms with Gasteiger partial charge in [0.15, 0.2) is 0 Å². The van der Waals surface area contributed by atoms with Gasteiger partial charge < -0.3 is 10.1 Å². The number of rotatable bonds is 7. The molecule has 1 aliphatic heterocycles. The van der Waals surface area contributed by atoms with Crippen LogP contribution in [0.2, 0.25) is 0 Å². The number of anilines is 1. The minimum atomic E-state index is -3.62. The number of ether oxygens (including phenoxy) is 1. The summed E-state index contributed by atoms with van der Waals surface area (Å²) in [7, 11) is -3.62. The molecule has 146 valence electrons. The molecule has 6 heteroatoms. The van der Waals surface area contributed by atoms with Crippen LogP contribution in [0.5, 0.6) is 5.75 Å². The Balaban J connectivity index is 1.72. The quantitative estimate of drug-likeness (QED) is 0.755. The lowest BCUT2D eigenvalue weighted by molar-refractivity contribution is 0.239. The van der Waals surface area contributed by atoms with Crippen LogP contribution in [-0.2, 0) is 16.4 Å². The van der Waals surface area contributed by atoms with Crippen LogP contribution < -0.4 is 14.8 Å². The zero-order valence-corrected chi connectivity index (χ0v) is 17.0. The van der Waals surface area contributed by atoms with Gasteiger partial charge in [0.2, 0.25) is 0 Å². The molecule has 0 aliphatic carbocycles. The Morgan fingerprint density at radius 2 is 1.89 bits per heavy atom. The molecule has 0 radical (unpaired) electrons. The minimum Gasteiger partial charge on any atom is -0.492 e. The normalized spacial score (nSPS) is 16.7. The third-order valence-corrected chi connectivity index (χ3v) is 6.16. The summed E-state index contributed by atoms with van der Waals surface area (Å²) >= 11 is 0. The molecule has 5 nitrogen and oxygen atoms in total. The maximum absolute atomic E-state index is 12.7. The van der Waals surface area contributed by atoms with E-state index < -0.39 is 10.0 Å². The Morgan fingerprint density at radius 1 is 1.15 bits per heavy atom. The summed E-state index contributed by atoms with van der Waals surface area (Å²) < 4.78 is 33.8. The van der Waals surface area contributed by atoms with Crippen molar-refractivity contribution >= 4 is 15.7 Å². The van der Waals surface area contributed by atoms with Gasteiger partial charge in [0.25, 0.3) is 10.0 Å². The zero-order valence-electron chi connectivity index (χ0n) is 16.2. The maximum atomic E-state index is 12.7. The molecule has 0 bridgehead atoms. The van der Waals surface area contributed by atoms with Crippen molar-refractivity contribution < 1.29 is 13.2 Å². The fourth-order valence-electron chi connectivity index (χ4n) is 3.16. The van der Waals surface area contributed by atoms with Crippen LogP contribution in [0.3, 0.4) is 0 Å². The highest BCUT2D eigenvalue weighted by Crippen LogP contribution is 2.29. The lowest BCUT2D eigenvalue weighted by Crippen LogP contribution is -2.39. The van der Waals surface area contributed by atoms with Gasteiger partial charge in [-0.25, -0.2) is 8.42 Å². The Labute approximate surface area is 162 Å². The number of benzene rings is 2. The Hall–Kier alpha value is -2.05. The largest absolute Gasteiger partial charge is 0.492 e. The molecule has 2 N–H and O–H groups in total. The monoisotopic (exact) mass is 388 g/mol. The van der Waals surface area contributed by atoms with Crippen LogP contribution in [0.1, 0.15) is 44.2 Å². The van der Waals surface area contributed by atoms with Gasteiger partial charge in [0, 0.05) is 12.1 Å². The van der Waals surface area contributed by atoms with Crippen molar-refractivity contribution in [3.63, 3.8) is 0 Å². The predicted molar refractivity (Wildman–Crippen MR) is 109 cm³/mol. The summed E-state index contributed by atoms with van der Waals surface area (Å²) in [6, 6.07) is 12.8. The van der Waals surface area contributed by atoms with Crippen LogP contribution in [0.25, 0.3) is 0 Å². The molecule has 1 heterocycles. The third kappa shape index (κ3) is 4.82. The third-order valence-electron chi connectivity index (χ3n) is 4.77. The van der Waals surface area contributed by atoms with E-state index in [-0.39, 0.29) is 4.90 Å². The van der Waals surface area contributed by atoms with E-state index in [0.29, 0.717) is 24.3 Å². The lowest BCUT2D eigenvalue weighted by atomic mass is 10.0. The van der Waals surface area contributed by atoms with E-state index >= 15 is 0 Å². The van der Waals surface area contributed by atoms with Gasteiger partial charge in [-0.05, 0) is 54.6 Å². The Morgan fingerprint density at radius 3 is 2.56 bits per heavy atom. The van der Waals surface area contributed by atoms with Gasteiger partial charge in [0.05, 0.1) is 10.6 Å². The standard InChI is InChI=1S/C21H28N2O3S/c1-4-11-22-19-12-17-5-8-18(13-21(17)26-14-19)23-27(24,25)20-9-6-16(7-10-20)15(2)3/h5-10,13,15,19,22-23H,4,11-12,14H2,1-3H3. The highest BCUT2D eigenvalue weighted by molar-refractivity contribution is 7.92. The second kappa shape index (κ2) is 8.31. The number of fused-ring (bicyclic) bond motifs is 1. The van der Waals surface area contributed by atoms with E-state index in [0.717, 1.165) is 36.3 Å². The summed E-state index contributed by atoms with van der Waals surface area (Å²) in [6.07, 6.45) is 1.97. The van der Waals surface area contributed by atoms with E-state index in [2.05, 4.69) is 30.8 Å². The SMILES string of the molecule is CCCNC1COc2cc(NS(=O)(=O)c3ccc(C(C)C)cc3)ccc2C1. The first kappa shape index (κ1) is 19.7. The van der Waals surface area contributed by atoms with Crippen molar-refractivity contribution in [3.8, 4) is 5.75 Å². The number of hydrogen-bond acceptors (Lipinski definition) is 4. The second-order valence-electron chi connectivity index (χ2n) is 7.32. The first-order valence-corrected chi connectivity index (χ1v) is 11.0. The summed E-state index contributed by atoms with van der Waals surface area (Å²) in [5.74, 6) is 1.11. The molecule has 0 amide bonds. The van der Waals surface area contributed by atoms with Gasteiger partial charge in [-0.15, -0.1) is 0 Å². The topological polar surface area (TPSA) is 67.4 Å². The highest BCUT2D eigenvalue weighted by Gasteiger charge is 2.21. The number of nitrogens with one attached hydrogen (secondary N) is 2. The second-order valence-corrected chi connectivity index (χ2v) is 9.00. The Kier molecular flexibility index (Phi) is 6.07. The summed E-state index contributed by atoms with van der Waals surface area (Å²) in [5, 5.41) is 3.46. The van der Waals surface area contributed by atoms with E-state index in [1.807, 2.05) is 18.2 Å². The van der Waals surface area contributed by atoms with E-state index in [1.54, 1.807) is 24.3 Å². The molecule has 1 aliphatic rings. The predicted octanol–water partition coefficient (Wildman–Crippen LogP) is 3.91. The van der Waals surface area contributed by atoms with Crippen molar-refractivity contribution in [2.75, 3.05) is 17.9 Å². The Bertz CT molecular complexity index is 877. The molecule has 0 fully saturated rings. The van der Waals surface area contributed by atoms with E-state index in [4.69, 9.17) is 4.74 Å². The molecule has 27 heavy (non-hydrogen) atoms.